The summed E-state index contributed by atoms with van der Waals surface area (Å²) < 4.78 is 2.29. The highest BCUT2D eigenvalue weighted by atomic mass is 16.2. The van der Waals surface area contributed by atoms with Crippen molar-refractivity contribution in [3.8, 4) is 0 Å². The van der Waals surface area contributed by atoms with Gasteiger partial charge in [0.2, 0.25) is 5.91 Å². The average molecular weight is 380 g/mol. The topological polar surface area (TPSA) is 63.1 Å². The Morgan fingerprint density at radius 2 is 1.89 bits per heavy atom. The Morgan fingerprint density at radius 3 is 2.61 bits per heavy atom. The molecular weight excluding hydrogens is 350 g/mol. The minimum absolute atomic E-state index is 0.159. The molecule has 2 aromatic rings. The number of carbonyl (C=O) groups excluding carboxylic acids is 1. The maximum atomic E-state index is 13.4. The van der Waals surface area contributed by atoms with Crippen molar-refractivity contribution in [3.05, 3.63) is 47.5 Å². The van der Waals surface area contributed by atoms with Gasteiger partial charge in [0.15, 0.2) is 0 Å². The van der Waals surface area contributed by atoms with E-state index in [1.807, 2.05) is 6.07 Å². The van der Waals surface area contributed by atoms with Crippen LogP contribution in [0.25, 0.3) is 0 Å². The van der Waals surface area contributed by atoms with E-state index in [1.165, 1.54) is 12.0 Å². The van der Waals surface area contributed by atoms with Crippen LogP contribution in [0.1, 0.15) is 55.2 Å². The van der Waals surface area contributed by atoms with Gasteiger partial charge in [0, 0.05) is 32.1 Å². The number of nitrogens with one attached hydrogen (secondary N) is 1. The first-order valence-corrected chi connectivity index (χ1v) is 10.7. The molecule has 0 radical (unpaired) electrons. The maximum absolute atomic E-state index is 13.4. The van der Waals surface area contributed by atoms with Crippen molar-refractivity contribution >= 4 is 5.91 Å². The molecule has 1 aromatic carbocycles. The molecule has 1 aromatic heterocycles. The van der Waals surface area contributed by atoms with Crippen molar-refractivity contribution in [2.75, 3.05) is 19.6 Å². The number of carbonyl (C=O) groups is 1. The van der Waals surface area contributed by atoms with Crippen molar-refractivity contribution in [1.29, 1.82) is 0 Å². The Bertz CT molecular complexity index is 834. The van der Waals surface area contributed by atoms with Gasteiger partial charge in [0.05, 0.1) is 12.0 Å². The van der Waals surface area contributed by atoms with Crippen LogP contribution >= 0.6 is 0 Å². The number of nitrogens with zero attached hydrogens (tertiary/aromatic N) is 4. The molecule has 1 aliphatic carbocycles. The van der Waals surface area contributed by atoms with Gasteiger partial charge in [-0.2, -0.15) is 0 Å². The number of aromatic nitrogens is 3. The Kier molecular flexibility index (Phi) is 4.67. The third-order valence-electron chi connectivity index (χ3n) is 6.95. The van der Waals surface area contributed by atoms with Gasteiger partial charge in [-0.3, -0.25) is 4.79 Å². The van der Waals surface area contributed by atoms with E-state index in [4.69, 9.17) is 0 Å². The minimum Gasteiger partial charge on any atom is -0.342 e. The van der Waals surface area contributed by atoms with Crippen LogP contribution in [0.5, 0.6) is 0 Å². The van der Waals surface area contributed by atoms with Crippen molar-refractivity contribution in [2.24, 2.45) is 5.41 Å². The third-order valence-corrected chi connectivity index (χ3v) is 6.95. The van der Waals surface area contributed by atoms with E-state index in [2.05, 4.69) is 49.2 Å². The molecule has 6 nitrogen and oxygen atoms in total. The number of piperidine rings is 1. The molecule has 6 heteroatoms. The zero-order valence-electron chi connectivity index (χ0n) is 16.4. The lowest BCUT2D eigenvalue weighted by atomic mass is 9.64. The second-order valence-electron chi connectivity index (χ2n) is 8.67. The molecule has 148 valence electrons. The van der Waals surface area contributed by atoms with Gasteiger partial charge >= 0.3 is 0 Å². The lowest BCUT2D eigenvalue weighted by Crippen LogP contribution is -2.51. The highest BCUT2D eigenvalue weighted by Gasteiger charge is 2.46. The van der Waals surface area contributed by atoms with Crippen molar-refractivity contribution in [1.82, 2.24) is 25.0 Å². The monoisotopic (exact) mass is 379 g/mol. The summed E-state index contributed by atoms with van der Waals surface area (Å²) in [6, 6.07) is 10.5. The second-order valence-corrected chi connectivity index (χ2v) is 8.67. The lowest BCUT2D eigenvalue weighted by molar-refractivity contribution is -0.148. The Balaban J connectivity index is 1.25. The summed E-state index contributed by atoms with van der Waals surface area (Å²) >= 11 is 0. The Hall–Kier alpha value is -2.21. The van der Waals surface area contributed by atoms with Gasteiger partial charge in [0.1, 0.15) is 11.6 Å². The predicted octanol–water partition coefficient (Wildman–Crippen LogP) is 2.50. The van der Waals surface area contributed by atoms with Gasteiger partial charge < -0.3 is 14.8 Å². The molecule has 0 atom stereocenters. The summed E-state index contributed by atoms with van der Waals surface area (Å²) in [4.78, 5) is 15.5. The van der Waals surface area contributed by atoms with Crippen molar-refractivity contribution in [2.45, 2.75) is 57.5 Å². The van der Waals surface area contributed by atoms with Crippen molar-refractivity contribution < 1.29 is 4.79 Å². The van der Waals surface area contributed by atoms with E-state index in [0.29, 0.717) is 11.8 Å². The number of hydrogen-bond donors (Lipinski definition) is 1. The number of likely N-dealkylation sites (tertiary alicyclic amines) is 1. The quantitative estimate of drug-likeness (QED) is 0.887. The average Bonchev–Trinajstić information content (AvgIpc) is 3.15. The fourth-order valence-electron chi connectivity index (χ4n) is 5.15. The number of benzene rings is 1. The molecule has 1 amide bonds. The first kappa shape index (κ1) is 17.9. The summed E-state index contributed by atoms with van der Waals surface area (Å²) in [6.07, 6.45) is 6.13. The van der Waals surface area contributed by atoms with E-state index in [9.17, 15) is 4.79 Å². The number of amides is 1. The van der Waals surface area contributed by atoms with Gasteiger partial charge in [-0.1, -0.05) is 36.8 Å². The first-order valence-electron chi connectivity index (χ1n) is 10.7. The second kappa shape index (κ2) is 7.32. The molecule has 1 saturated heterocycles. The third kappa shape index (κ3) is 3.13. The van der Waals surface area contributed by atoms with E-state index >= 15 is 0 Å². The maximum Gasteiger partial charge on any atom is 0.229 e. The lowest BCUT2D eigenvalue weighted by Gasteiger charge is -2.45. The molecule has 3 aliphatic rings. The standard InChI is InChI=1S/C22H29N5O/c28-21(22(9-4-10-22)15-17-5-2-1-3-6-17)26-12-7-18(8-13-26)20-25-24-19-16-23-11-14-27(19)20/h1-3,5-6,18,23H,4,7-16H2. The summed E-state index contributed by atoms with van der Waals surface area (Å²) in [5, 5.41) is 12.2. The normalized spacial score (nSPS) is 21.8. The SMILES string of the molecule is O=C(N1CCC(c2nnc3n2CCNC3)CC1)C1(Cc2ccccc2)CCC1. The minimum atomic E-state index is -0.159. The number of hydrogen-bond acceptors (Lipinski definition) is 4. The molecule has 1 N–H and O–H groups in total. The van der Waals surface area contributed by atoms with Gasteiger partial charge in [-0.15, -0.1) is 10.2 Å². The van der Waals surface area contributed by atoms with Crippen LogP contribution in [0.4, 0.5) is 0 Å². The molecule has 28 heavy (non-hydrogen) atoms. The fourth-order valence-corrected chi connectivity index (χ4v) is 5.15. The zero-order valence-corrected chi connectivity index (χ0v) is 16.4. The molecule has 0 unspecified atom stereocenters. The smallest absolute Gasteiger partial charge is 0.229 e. The van der Waals surface area contributed by atoms with E-state index < -0.39 is 0 Å². The molecule has 0 spiro atoms. The molecule has 5 rings (SSSR count). The van der Waals surface area contributed by atoms with E-state index in [-0.39, 0.29) is 5.41 Å². The molecule has 0 bridgehead atoms. The molecule has 1 saturated carbocycles. The van der Waals surface area contributed by atoms with Gasteiger partial charge in [-0.05, 0) is 37.7 Å². The first-order chi connectivity index (χ1) is 13.8. The highest BCUT2D eigenvalue weighted by Crippen LogP contribution is 2.46. The molecular formula is C22H29N5O. The van der Waals surface area contributed by atoms with Crippen LogP contribution < -0.4 is 5.32 Å². The van der Waals surface area contributed by atoms with Crippen LogP contribution in [-0.2, 0) is 24.3 Å². The summed E-state index contributed by atoms with van der Waals surface area (Å²) in [6.45, 7) is 4.45. The highest BCUT2D eigenvalue weighted by molar-refractivity contribution is 5.84. The van der Waals surface area contributed by atoms with Crippen LogP contribution in [0.15, 0.2) is 30.3 Å². The van der Waals surface area contributed by atoms with E-state index in [1.54, 1.807) is 0 Å². The summed E-state index contributed by atoms with van der Waals surface area (Å²) in [7, 11) is 0. The molecule has 2 fully saturated rings. The summed E-state index contributed by atoms with van der Waals surface area (Å²) in [5.74, 6) is 2.99. The van der Waals surface area contributed by atoms with Crippen LogP contribution in [-0.4, -0.2) is 45.2 Å². The molecule has 2 aliphatic heterocycles. The van der Waals surface area contributed by atoms with E-state index in [0.717, 1.165) is 76.5 Å². The molecule has 3 heterocycles. The predicted molar refractivity (Wildman–Crippen MR) is 107 cm³/mol. The van der Waals surface area contributed by atoms with Crippen LogP contribution in [0, 0.1) is 5.41 Å². The van der Waals surface area contributed by atoms with Crippen LogP contribution in [0.2, 0.25) is 0 Å². The fraction of sp³-hybridized carbons (Fsp3) is 0.591. The number of fused-ring (bicyclic) bond motifs is 1. The zero-order chi connectivity index (χ0) is 19.0. The van der Waals surface area contributed by atoms with Gasteiger partial charge in [-0.25, -0.2) is 0 Å². The van der Waals surface area contributed by atoms with Crippen LogP contribution in [0.3, 0.4) is 0 Å². The van der Waals surface area contributed by atoms with Gasteiger partial charge in [0.25, 0.3) is 0 Å². The summed E-state index contributed by atoms with van der Waals surface area (Å²) in [5.41, 5.74) is 1.13. The number of rotatable bonds is 4. The van der Waals surface area contributed by atoms with Crippen molar-refractivity contribution in [3.63, 3.8) is 0 Å². The largest absolute Gasteiger partial charge is 0.342 e. The Morgan fingerprint density at radius 1 is 1.11 bits per heavy atom. The Labute approximate surface area is 166 Å².